The van der Waals surface area contributed by atoms with Gasteiger partial charge in [0.15, 0.2) is 5.00 Å². The van der Waals surface area contributed by atoms with Gasteiger partial charge in [-0.2, -0.15) is 4.31 Å². The topological polar surface area (TPSA) is 119 Å². The zero-order valence-electron chi connectivity index (χ0n) is 10.2. The van der Waals surface area contributed by atoms with Crippen molar-refractivity contribution < 1.29 is 13.3 Å². The number of thiophene rings is 1. The van der Waals surface area contributed by atoms with E-state index in [1.807, 2.05) is 0 Å². The Hall–Kier alpha value is -1.56. The molecule has 0 spiro atoms. The molecule has 0 aromatic carbocycles. The molecular weight excluding hydrogens is 324 g/mol. The van der Waals surface area contributed by atoms with Crippen molar-refractivity contribution in [3.8, 4) is 0 Å². The molecule has 0 unspecified atom stereocenters. The summed E-state index contributed by atoms with van der Waals surface area (Å²) in [4.78, 5) is 14.0. The molecular formula is C9H10N4O4S3. The van der Waals surface area contributed by atoms with Crippen molar-refractivity contribution in [2.24, 2.45) is 0 Å². The molecule has 0 saturated heterocycles. The molecule has 2 N–H and O–H groups in total. The number of nitrogens with two attached hydrogens (primary N) is 1. The lowest BCUT2D eigenvalue weighted by Crippen LogP contribution is -2.25. The minimum absolute atomic E-state index is 0.0947. The quantitative estimate of drug-likeness (QED) is 0.654. The molecule has 11 heteroatoms. The van der Waals surface area contributed by atoms with Gasteiger partial charge in [0.05, 0.1) is 22.7 Å². The molecule has 8 nitrogen and oxygen atoms in total. The Balaban J connectivity index is 2.30. The number of anilines is 1. The summed E-state index contributed by atoms with van der Waals surface area (Å²) < 4.78 is 25.5. The summed E-state index contributed by atoms with van der Waals surface area (Å²) in [6.45, 7) is 0.0947. The Morgan fingerprint density at radius 2 is 2.25 bits per heavy atom. The molecule has 2 rings (SSSR count). The summed E-state index contributed by atoms with van der Waals surface area (Å²) >= 11 is 2.04. The van der Waals surface area contributed by atoms with Gasteiger partial charge in [0, 0.05) is 18.5 Å². The molecule has 2 aromatic heterocycles. The third kappa shape index (κ3) is 2.80. The lowest BCUT2D eigenvalue weighted by Gasteiger charge is -2.14. The molecule has 0 saturated carbocycles. The normalized spacial score (nSPS) is 11.9. The number of aromatic nitrogens is 1. The average molecular weight is 334 g/mol. The Morgan fingerprint density at radius 1 is 1.55 bits per heavy atom. The van der Waals surface area contributed by atoms with Crippen molar-refractivity contribution in [2.75, 3.05) is 12.8 Å². The van der Waals surface area contributed by atoms with Gasteiger partial charge in [0.2, 0.25) is 0 Å². The zero-order chi connectivity index (χ0) is 14.9. The van der Waals surface area contributed by atoms with E-state index in [1.54, 1.807) is 10.9 Å². The van der Waals surface area contributed by atoms with E-state index in [9.17, 15) is 18.5 Å². The van der Waals surface area contributed by atoms with E-state index in [2.05, 4.69) is 4.98 Å². The molecule has 0 bridgehead atoms. The van der Waals surface area contributed by atoms with Gasteiger partial charge in [0.25, 0.3) is 10.0 Å². The highest BCUT2D eigenvalue weighted by Crippen LogP contribution is 2.35. The summed E-state index contributed by atoms with van der Waals surface area (Å²) in [5, 5.41) is 12.3. The Labute approximate surface area is 122 Å². The molecule has 2 heterocycles. The number of hydrogen-bond donors (Lipinski definition) is 1. The lowest BCUT2D eigenvalue weighted by atomic mass is 10.5. The first-order chi connectivity index (χ1) is 9.32. The average Bonchev–Trinajstić information content (AvgIpc) is 2.98. The van der Waals surface area contributed by atoms with Crippen LogP contribution >= 0.6 is 22.7 Å². The Morgan fingerprint density at radius 3 is 2.75 bits per heavy atom. The van der Waals surface area contributed by atoms with Crippen LogP contribution in [0.1, 0.15) is 5.69 Å². The first-order valence-electron chi connectivity index (χ1n) is 5.19. The molecule has 0 atom stereocenters. The number of nitrogen functional groups attached to an aromatic ring is 1. The van der Waals surface area contributed by atoms with Crippen LogP contribution in [0, 0.1) is 10.1 Å². The second-order valence-corrected chi connectivity index (χ2v) is 7.89. The number of hydrogen-bond acceptors (Lipinski definition) is 8. The van der Waals surface area contributed by atoms with Crippen LogP contribution in [0.15, 0.2) is 21.2 Å². The van der Waals surface area contributed by atoms with Crippen molar-refractivity contribution in [3.05, 3.63) is 32.8 Å². The molecule has 0 amide bonds. The van der Waals surface area contributed by atoms with E-state index in [4.69, 9.17) is 5.73 Å². The zero-order valence-corrected chi connectivity index (χ0v) is 12.7. The number of rotatable bonds is 5. The summed E-state index contributed by atoms with van der Waals surface area (Å²) in [5.41, 5.74) is 7.28. The van der Waals surface area contributed by atoms with E-state index in [1.165, 1.54) is 18.4 Å². The predicted molar refractivity (Wildman–Crippen MR) is 76.2 cm³/mol. The fraction of sp³-hybridized carbons (Fsp3) is 0.222. The molecule has 0 aliphatic rings. The smallest absolute Gasteiger partial charge is 0.304 e. The Kier molecular flexibility index (Phi) is 4.04. The SMILES string of the molecule is CN(Cc1cscn1)S(=O)(=O)c1cc([N+](=O)[O-])c(N)s1. The van der Waals surface area contributed by atoms with Gasteiger partial charge in [-0.15, -0.1) is 11.3 Å². The highest BCUT2D eigenvalue weighted by molar-refractivity contribution is 7.91. The Bertz CT molecular complexity index is 722. The maximum Gasteiger partial charge on any atom is 0.304 e. The van der Waals surface area contributed by atoms with Gasteiger partial charge in [-0.05, 0) is 0 Å². The van der Waals surface area contributed by atoms with Crippen molar-refractivity contribution in [1.82, 2.24) is 9.29 Å². The highest BCUT2D eigenvalue weighted by Gasteiger charge is 2.28. The summed E-state index contributed by atoms with van der Waals surface area (Å²) in [6.07, 6.45) is 0. The molecule has 2 aromatic rings. The summed E-state index contributed by atoms with van der Waals surface area (Å²) in [7, 11) is -2.43. The molecule has 0 radical (unpaired) electrons. The van der Waals surface area contributed by atoms with E-state index >= 15 is 0 Å². The molecule has 0 aliphatic carbocycles. The summed E-state index contributed by atoms with van der Waals surface area (Å²) in [5.74, 6) is 0. The van der Waals surface area contributed by atoms with Crippen LogP contribution < -0.4 is 5.73 Å². The fourth-order valence-electron chi connectivity index (χ4n) is 1.42. The van der Waals surface area contributed by atoms with E-state index in [-0.39, 0.29) is 15.8 Å². The third-order valence-corrected chi connectivity index (χ3v) is 6.29. The van der Waals surface area contributed by atoms with Gasteiger partial charge in [-0.1, -0.05) is 11.3 Å². The molecule has 0 aliphatic heterocycles. The van der Waals surface area contributed by atoms with Crippen LogP contribution in [0.5, 0.6) is 0 Å². The van der Waals surface area contributed by atoms with E-state index < -0.39 is 20.6 Å². The molecule has 20 heavy (non-hydrogen) atoms. The van der Waals surface area contributed by atoms with Gasteiger partial charge in [-0.3, -0.25) is 10.1 Å². The number of sulfonamides is 1. The number of nitrogens with zero attached hydrogens (tertiary/aromatic N) is 3. The van der Waals surface area contributed by atoms with Crippen LogP contribution in [0.25, 0.3) is 0 Å². The minimum atomic E-state index is -3.82. The van der Waals surface area contributed by atoms with Crippen molar-refractivity contribution in [3.63, 3.8) is 0 Å². The summed E-state index contributed by atoms with van der Waals surface area (Å²) in [6, 6.07) is 0.979. The minimum Gasteiger partial charge on any atom is -0.385 e. The number of nitro groups is 1. The van der Waals surface area contributed by atoms with Crippen LogP contribution in [-0.2, 0) is 16.6 Å². The highest BCUT2D eigenvalue weighted by atomic mass is 32.2. The van der Waals surface area contributed by atoms with Crippen molar-refractivity contribution >= 4 is 43.4 Å². The van der Waals surface area contributed by atoms with Crippen molar-refractivity contribution in [2.45, 2.75) is 10.8 Å². The lowest BCUT2D eigenvalue weighted by molar-refractivity contribution is -0.383. The first kappa shape index (κ1) is 14.8. The van der Waals surface area contributed by atoms with Crippen LogP contribution in [0.4, 0.5) is 10.7 Å². The van der Waals surface area contributed by atoms with Gasteiger partial charge in [-0.25, -0.2) is 13.4 Å². The van der Waals surface area contributed by atoms with Crippen LogP contribution in [0.2, 0.25) is 0 Å². The predicted octanol–water partition coefficient (Wildman–Crippen LogP) is 1.52. The van der Waals surface area contributed by atoms with Gasteiger partial charge < -0.3 is 5.73 Å². The molecule has 108 valence electrons. The second-order valence-electron chi connectivity index (χ2n) is 3.81. The van der Waals surface area contributed by atoms with Gasteiger partial charge >= 0.3 is 5.69 Å². The van der Waals surface area contributed by atoms with Crippen LogP contribution in [0.3, 0.4) is 0 Å². The second kappa shape index (κ2) is 5.44. The van der Waals surface area contributed by atoms with Crippen molar-refractivity contribution in [1.29, 1.82) is 0 Å². The fourth-order valence-corrected chi connectivity index (χ4v) is 4.54. The standard InChI is InChI=1S/C9H10N4O4S3/c1-12(3-6-4-18-5-11-6)20(16,17)8-2-7(13(14)15)9(10)19-8/h2,4-5H,3,10H2,1H3. The molecule has 0 fully saturated rings. The largest absolute Gasteiger partial charge is 0.385 e. The van der Waals surface area contributed by atoms with Crippen LogP contribution in [-0.4, -0.2) is 29.7 Å². The van der Waals surface area contributed by atoms with Gasteiger partial charge in [0.1, 0.15) is 4.21 Å². The van der Waals surface area contributed by atoms with E-state index in [0.717, 1.165) is 10.4 Å². The third-order valence-electron chi connectivity index (χ3n) is 2.45. The maximum atomic E-state index is 12.3. The van der Waals surface area contributed by atoms with E-state index in [0.29, 0.717) is 17.0 Å². The number of thiazole rings is 1. The maximum absolute atomic E-state index is 12.3. The first-order valence-corrected chi connectivity index (χ1v) is 8.39. The monoisotopic (exact) mass is 334 g/mol.